The minimum atomic E-state index is 0.634. The Morgan fingerprint density at radius 2 is 1.67 bits per heavy atom. The predicted octanol–water partition coefficient (Wildman–Crippen LogP) is 3.84. The minimum Gasteiger partial charge on any atom is -0.305 e. The van der Waals surface area contributed by atoms with Crippen molar-refractivity contribution in [2.24, 2.45) is 0 Å². The van der Waals surface area contributed by atoms with Gasteiger partial charge in [-0.05, 0) is 42.7 Å². The number of rotatable bonds is 1. The lowest BCUT2D eigenvalue weighted by molar-refractivity contribution is 1.43. The van der Waals surface area contributed by atoms with Crippen molar-refractivity contribution in [3.05, 3.63) is 47.0 Å². The first-order valence-electron chi connectivity index (χ1n) is 5.15. The van der Waals surface area contributed by atoms with Crippen LogP contribution in [0.3, 0.4) is 0 Å². The van der Waals surface area contributed by atoms with Gasteiger partial charge in [-0.15, -0.1) is 0 Å². The van der Waals surface area contributed by atoms with E-state index in [9.17, 15) is 0 Å². The second kappa shape index (κ2) is 3.50. The monoisotopic (exact) mass is 197 g/mol. The summed E-state index contributed by atoms with van der Waals surface area (Å²) in [6.45, 7) is 6.07. The van der Waals surface area contributed by atoms with Gasteiger partial charge in [0.2, 0.25) is 0 Å². The average molecular weight is 197 g/mol. The molecule has 0 unspecified atom stereocenters. The van der Waals surface area contributed by atoms with Gasteiger partial charge in [-0.2, -0.15) is 0 Å². The molecule has 2 rings (SSSR count). The second-order valence-corrected chi connectivity index (χ2v) is 4.05. The topological polar surface area (TPSA) is 23.9 Å². The first kappa shape index (κ1) is 9.91. The molecule has 76 valence electrons. The van der Waals surface area contributed by atoms with Gasteiger partial charge in [-0.3, -0.25) is 0 Å². The Bertz CT molecular complexity index is 538. The highest BCUT2D eigenvalue weighted by Crippen LogP contribution is 2.25. The first-order chi connectivity index (χ1) is 7.11. The molecule has 2 aromatic rings. The Labute approximate surface area is 90.3 Å². The van der Waals surface area contributed by atoms with Gasteiger partial charge in [-0.1, -0.05) is 30.3 Å². The fourth-order valence-corrected chi connectivity index (χ4v) is 2.04. The Hall–Kier alpha value is -1.63. The Morgan fingerprint density at radius 1 is 1.00 bits per heavy atom. The van der Waals surface area contributed by atoms with Crippen molar-refractivity contribution in [1.29, 1.82) is 5.41 Å². The molecule has 0 amide bonds. The van der Waals surface area contributed by atoms with Gasteiger partial charge in [0, 0.05) is 11.3 Å². The summed E-state index contributed by atoms with van der Waals surface area (Å²) in [6, 6.07) is 10.5. The third-order valence-electron chi connectivity index (χ3n) is 2.87. The van der Waals surface area contributed by atoms with Crippen LogP contribution in [0.15, 0.2) is 30.3 Å². The van der Waals surface area contributed by atoms with Crippen LogP contribution in [-0.4, -0.2) is 5.71 Å². The maximum atomic E-state index is 7.78. The van der Waals surface area contributed by atoms with Crippen LogP contribution in [0.5, 0.6) is 0 Å². The molecule has 15 heavy (non-hydrogen) atoms. The summed E-state index contributed by atoms with van der Waals surface area (Å²) in [7, 11) is 0. The smallest absolute Gasteiger partial charge is 0.0361 e. The van der Waals surface area contributed by atoms with Crippen LogP contribution in [0.2, 0.25) is 0 Å². The van der Waals surface area contributed by atoms with Crippen molar-refractivity contribution in [2.75, 3.05) is 0 Å². The highest BCUT2D eigenvalue weighted by atomic mass is 14.4. The normalized spacial score (nSPS) is 10.6. The lowest BCUT2D eigenvalue weighted by Crippen LogP contribution is -1.96. The van der Waals surface area contributed by atoms with E-state index >= 15 is 0 Å². The number of hydrogen-bond acceptors (Lipinski definition) is 1. The van der Waals surface area contributed by atoms with Crippen molar-refractivity contribution in [1.82, 2.24) is 0 Å². The molecule has 1 nitrogen and oxygen atoms in total. The summed E-state index contributed by atoms with van der Waals surface area (Å²) in [5, 5.41) is 10.3. The molecule has 0 saturated heterocycles. The number of hydrogen-bond donors (Lipinski definition) is 1. The van der Waals surface area contributed by atoms with Crippen LogP contribution >= 0.6 is 0 Å². The molecule has 0 saturated carbocycles. The van der Waals surface area contributed by atoms with Crippen LogP contribution < -0.4 is 0 Å². The molecule has 0 heterocycles. The van der Waals surface area contributed by atoms with Crippen LogP contribution in [0.1, 0.15) is 23.6 Å². The van der Waals surface area contributed by atoms with E-state index in [2.05, 4.69) is 32.0 Å². The zero-order chi connectivity index (χ0) is 11.0. The van der Waals surface area contributed by atoms with Gasteiger partial charge >= 0.3 is 0 Å². The third kappa shape index (κ3) is 1.54. The summed E-state index contributed by atoms with van der Waals surface area (Å²) in [5.41, 5.74) is 4.21. The summed E-state index contributed by atoms with van der Waals surface area (Å²) in [5.74, 6) is 0. The van der Waals surface area contributed by atoms with Gasteiger partial charge in [0.15, 0.2) is 0 Å². The largest absolute Gasteiger partial charge is 0.305 e. The van der Waals surface area contributed by atoms with Gasteiger partial charge < -0.3 is 5.41 Å². The maximum Gasteiger partial charge on any atom is 0.0361 e. The molecule has 0 fully saturated rings. The van der Waals surface area contributed by atoms with E-state index in [1.807, 2.05) is 19.1 Å². The Balaban J connectivity index is 2.96. The third-order valence-corrected chi connectivity index (χ3v) is 2.87. The summed E-state index contributed by atoms with van der Waals surface area (Å²) in [4.78, 5) is 0. The quantitative estimate of drug-likeness (QED) is 0.671. The van der Waals surface area contributed by atoms with Gasteiger partial charge in [-0.25, -0.2) is 0 Å². The van der Waals surface area contributed by atoms with Crippen molar-refractivity contribution >= 4 is 16.5 Å². The highest BCUT2D eigenvalue weighted by Gasteiger charge is 2.06. The zero-order valence-corrected chi connectivity index (χ0v) is 9.39. The maximum absolute atomic E-state index is 7.78. The Morgan fingerprint density at radius 3 is 2.33 bits per heavy atom. The average Bonchev–Trinajstić information content (AvgIpc) is 2.23. The molecular formula is C14H15N. The van der Waals surface area contributed by atoms with E-state index in [0.717, 1.165) is 5.56 Å². The highest BCUT2D eigenvalue weighted by molar-refractivity contribution is 6.09. The molecule has 1 heteroatoms. The van der Waals surface area contributed by atoms with Crippen LogP contribution in [-0.2, 0) is 0 Å². The number of nitrogens with one attached hydrogen (secondary N) is 1. The van der Waals surface area contributed by atoms with E-state index in [1.165, 1.54) is 21.9 Å². The lowest BCUT2D eigenvalue weighted by atomic mass is 9.95. The molecular weight excluding hydrogens is 182 g/mol. The van der Waals surface area contributed by atoms with Crippen LogP contribution in [0.25, 0.3) is 10.8 Å². The standard InChI is InChI=1S/C14H15N/c1-9-7-8-10(2)14-12(9)5-4-6-13(14)11(3)15/h4-8,15H,1-3H3. The van der Waals surface area contributed by atoms with E-state index in [1.54, 1.807) is 0 Å². The van der Waals surface area contributed by atoms with E-state index in [4.69, 9.17) is 5.41 Å². The fourth-order valence-electron chi connectivity index (χ4n) is 2.04. The molecule has 2 aromatic carbocycles. The van der Waals surface area contributed by atoms with Crippen molar-refractivity contribution in [2.45, 2.75) is 20.8 Å². The molecule has 0 bridgehead atoms. The molecule has 0 aliphatic rings. The first-order valence-corrected chi connectivity index (χ1v) is 5.15. The SMILES string of the molecule is CC(=N)c1cccc2c(C)ccc(C)c12. The predicted molar refractivity (Wildman–Crippen MR) is 65.9 cm³/mol. The van der Waals surface area contributed by atoms with E-state index in [-0.39, 0.29) is 0 Å². The lowest BCUT2D eigenvalue weighted by Gasteiger charge is -2.10. The van der Waals surface area contributed by atoms with Crippen molar-refractivity contribution in [3.8, 4) is 0 Å². The minimum absolute atomic E-state index is 0.634. The van der Waals surface area contributed by atoms with Crippen LogP contribution in [0.4, 0.5) is 0 Å². The molecule has 0 spiro atoms. The zero-order valence-electron chi connectivity index (χ0n) is 9.39. The van der Waals surface area contributed by atoms with Crippen LogP contribution in [0, 0.1) is 19.3 Å². The molecule has 0 radical (unpaired) electrons. The summed E-state index contributed by atoms with van der Waals surface area (Å²) >= 11 is 0. The van der Waals surface area contributed by atoms with Crippen molar-refractivity contribution in [3.63, 3.8) is 0 Å². The Kier molecular flexibility index (Phi) is 2.31. The second-order valence-electron chi connectivity index (χ2n) is 4.05. The van der Waals surface area contributed by atoms with Gasteiger partial charge in [0.05, 0.1) is 0 Å². The molecule has 0 aliphatic carbocycles. The summed E-state index contributed by atoms with van der Waals surface area (Å²) < 4.78 is 0. The summed E-state index contributed by atoms with van der Waals surface area (Å²) in [6.07, 6.45) is 0. The van der Waals surface area contributed by atoms with Gasteiger partial charge in [0.25, 0.3) is 0 Å². The molecule has 1 N–H and O–H groups in total. The fraction of sp³-hybridized carbons (Fsp3) is 0.214. The number of aryl methyl sites for hydroxylation is 2. The molecule has 0 aliphatic heterocycles. The number of benzene rings is 2. The van der Waals surface area contributed by atoms with Crippen molar-refractivity contribution < 1.29 is 0 Å². The molecule has 0 aromatic heterocycles. The van der Waals surface area contributed by atoms with E-state index < -0.39 is 0 Å². The van der Waals surface area contributed by atoms with E-state index in [0.29, 0.717) is 5.71 Å². The molecule has 0 atom stereocenters. The number of fused-ring (bicyclic) bond motifs is 1. The van der Waals surface area contributed by atoms with Gasteiger partial charge in [0.1, 0.15) is 0 Å².